The molecule has 0 aromatic carbocycles. The molecule has 2 rings (SSSR count). The highest BCUT2D eigenvalue weighted by atomic mass is 15.2. The van der Waals surface area contributed by atoms with Crippen LogP contribution in [0.15, 0.2) is 0 Å². The summed E-state index contributed by atoms with van der Waals surface area (Å²) >= 11 is 0. The van der Waals surface area contributed by atoms with E-state index < -0.39 is 0 Å². The third kappa shape index (κ3) is 2.69. The molecule has 4 heteroatoms. The van der Waals surface area contributed by atoms with Gasteiger partial charge in [-0.3, -0.25) is 0 Å². The van der Waals surface area contributed by atoms with Gasteiger partial charge >= 0.3 is 0 Å². The second-order valence-corrected chi connectivity index (χ2v) is 6.04. The minimum atomic E-state index is -0.273. The molecule has 2 unspecified atom stereocenters. The van der Waals surface area contributed by atoms with Crippen molar-refractivity contribution in [2.45, 2.75) is 49.7 Å². The molecule has 1 aliphatic carbocycles. The van der Waals surface area contributed by atoms with Crippen molar-refractivity contribution in [3.05, 3.63) is 0 Å². The van der Waals surface area contributed by atoms with Crippen molar-refractivity contribution in [3.8, 4) is 6.07 Å². The van der Waals surface area contributed by atoms with Crippen LogP contribution in [0, 0.1) is 11.3 Å². The monoisotopic (exact) mass is 250 g/mol. The first-order valence-electron chi connectivity index (χ1n) is 7.11. The summed E-state index contributed by atoms with van der Waals surface area (Å²) in [6.45, 7) is 2.41. The van der Waals surface area contributed by atoms with Gasteiger partial charge in [0.1, 0.15) is 5.54 Å². The summed E-state index contributed by atoms with van der Waals surface area (Å²) in [6.07, 6.45) is 5.65. The van der Waals surface area contributed by atoms with Crippen LogP contribution in [0.2, 0.25) is 0 Å². The number of hydrogen-bond acceptors (Lipinski definition) is 4. The van der Waals surface area contributed by atoms with Gasteiger partial charge in [0.25, 0.3) is 0 Å². The summed E-state index contributed by atoms with van der Waals surface area (Å²) in [5.41, 5.74) is -0.273. The van der Waals surface area contributed by atoms with Crippen LogP contribution < -0.4 is 5.32 Å². The minimum absolute atomic E-state index is 0.273. The predicted molar refractivity (Wildman–Crippen MR) is 73.3 cm³/mol. The summed E-state index contributed by atoms with van der Waals surface area (Å²) < 4.78 is 0. The molecule has 0 spiro atoms. The van der Waals surface area contributed by atoms with Crippen molar-refractivity contribution < 1.29 is 0 Å². The lowest BCUT2D eigenvalue weighted by Crippen LogP contribution is -2.47. The Bertz CT molecular complexity index is 316. The molecule has 2 fully saturated rings. The Hall–Kier alpha value is -0.630. The fraction of sp³-hybridized carbons (Fsp3) is 0.929. The third-order valence-electron chi connectivity index (χ3n) is 5.02. The van der Waals surface area contributed by atoms with E-state index in [0.717, 1.165) is 19.3 Å². The number of rotatable bonds is 3. The van der Waals surface area contributed by atoms with Gasteiger partial charge in [0, 0.05) is 12.1 Å². The highest BCUT2D eigenvalue weighted by molar-refractivity contribution is 5.13. The van der Waals surface area contributed by atoms with Crippen molar-refractivity contribution >= 4 is 0 Å². The molecule has 1 saturated carbocycles. The van der Waals surface area contributed by atoms with Crippen molar-refractivity contribution in [1.82, 2.24) is 15.1 Å². The maximum Gasteiger partial charge on any atom is 0.108 e. The van der Waals surface area contributed by atoms with E-state index in [1.165, 1.54) is 25.9 Å². The number of likely N-dealkylation sites (tertiary alicyclic amines) is 1. The lowest BCUT2D eigenvalue weighted by atomic mass is 9.98. The van der Waals surface area contributed by atoms with Crippen LogP contribution in [0.1, 0.15) is 32.1 Å². The lowest BCUT2D eigenvalue weighted by molar-refractivity contribution is 0.106. The summed E-state index contributed by atoms with van der Waals surface area (Å²) in [4.78, 5) is 4.95. The maximum atomic E-state index is 9.32. The zero-order valence-electron chi connectivity index (χ0n) is 11.9. The van der Waals surface area contributed by atoms with Crippen LogP contribution in [0.4, 0.5) is 0 Å². The molecule has 1 aliphatic heterocycles. The zero-order valence-corrected chi connectivity index (χ0v) is 11.9. The quantitative estimate of drug-likeness (QED) is 0.813. The van der Waals surface area contributed by atoms with Gasteiger partial charge in [0.15, 0.2) is 0 Å². The number of nitrogens with zero attached hydrogens (tertiary/aromatic N) is 3. The SMILES string of the molecule is CNC1(C#N)CCC(N(C)C2CCN(C)CC2)C1. The van der Waals surface area contributed by atoms with E-state index in [4.69, 9.17) is 0 Å². The molecule has 0 aromatic rings. The highest BCUT2D eigenvalue weighted by Crippen LogP contribution is 2.33. The van der Waals surface area contributed by atoms with Gasteiger partial charge in [-0.25, -0.2) is 0 Å². The van der Waals surface area contributed by atoms with Crippen LogP contribution in [0.25, 0.3) is 0 Å². The predicted octanol–water partition coefficient (Wildman–Crippen LogP) is 1.05. The minimum Gasteiger partial charge on any atom is -0.306 e. The first-order chi connectivity index (χ1) is 8.60. The molecule has 1 N–H and O–H groups in total. The van der Waals surface area contributed by atoms with Gasteiger partial charge in [0.2, 0.25) is 0 Å². The fourth-order valence-corrected chi connectivity index (χ4v) is 3.45. The molecule has 4 nitrogen and oxygen atoms in total. The van der Waals surface area contributed by atoms with Gasteiger partial charge in [0.05, 0.1) is 6.07 Å². The molecule has 0 aromatic heterocycles. The summed E-state index contributed by atoms with van der Waals surface area (Å²) in [7, 11) is 6.37. The topological polar surface area (TPSA) is 42.3 Å². The number of nitrogens with one attached hydrogen (secondary N) is 1. The standard InChI is InChI=1S/C14H26N4/c1-16-14(11-15)7-4-13(10-14)18(3)12-5-8-17(2)9-6-12/h12-13,16H,4-10H2,1-3H3. The molecule has 1 heterocycles. The van der Waals surface area contributed by atoms with Gasteiger partial charge in [-0.05, 0) is 66.3 Å². The molecule has 2 aliphatic rings. The maximum absolute atomic E-state index is 9.32. The van der Waals surface area contributed by atoms with E-state index in [1.807, 2.05) is 7.05 Å². The van der Waals surface area contributed by atoms with E-state index in [2.05, 4.69) is 35.3 Å². The molecule has 18 heavy (non-hydrogen) atoms. The zero-order chi connectivity index (χ0) is 13.2. The van der Waals surface area contributed by atoms with Gasteiger partial charge in [-0.15, -0.1) is 0 Å². The van der Waals surface area contributed by atoms with E-state index >= 15 is 0 Å². The number of nitriles is 1. The van der Waals surface area contributed by atoms with Gasteiger partial charge in [-0.1, -0.05) is 0 Å². The van der Waals surface area contributed by atoms with Crippen molar-refractivity contribution in [2.75, 3.05) is 34.2 Å². The second kappa shape index (κ2) is 5.56. The van der Waals surface area contributed by atoms with Crippen molar-refractivity contribution in [2.24, 2.45) is 0 Å². The molecule has 0 radical (unpaired) electrons. The van der Waals surface area contributed by atoms with E-state index in [1.54, 1.807) is 0 Å². The van der Waals surface area contributed by atoms with Crippen molar-refractivity contribution in [1.29, 1.82) is 5.26 Å². The van der Waals surface area contributed by atoms with E-state index in [0.29, 0.717) is 12.1 Å². The van der Waals surface area contributed by atoms with E-state index in [9.17, 15) is 5.26 Å². The number of piperidine rings is 1. The summed E-state index contributed by atoms with van der Waals surface area (Å²) in [5, 5.41) is 12.5. The van der Waals surface area contributed by atoms with Gasteiger partial charge < -0.3 is 15.1 Å². The Morgan fingerprint density at radius 1 is 1.28 bits per heavy atom. The Kier molecular flexibility index (Phi) is 4.26. The van der Waals surface area contributed by atoms with Crippen molar-refractivity contribution in [3.63, 3.8) is 0 Å². The molecular formula is C14H26N4. The average Bonchev–Trinajstić information content (AvgIpc) is 2.84. The Labute approximate surface area is 111 Å². The normalized spacial score (nSPS) is 34.9. The largest absolute Gasteiger partial charge is 0.306 e. The van der Waals surface area contributed by atoms with E-state index in [-0.39, 0.29) is 5.54 Å². The molecule has 0 bridgehead atoms. The molecular weight excluding hydrogens is 224 g/mol. The lowest BCUT2D eigenvalue weighted by Gasteiger charge is -2.38. The highest BCUT2D eigenvalue weighted by Gasteiger charge is 2.41. The average molecular weight is 250 g/mol. The Morgan fingerprint density at radius 3 is 2.44 bits per heavy atom. The fourth-order valence-electron chi connectivity index (χ4n) is 3.45. The van der Waals surface area contributed by atoms with Crippen LogP contribution in [-0.4, -0.2) is 61.7 Å². The Balaban J connectivity index is 1.91. The first kappa shape index (κ1) is 13.8. The molecule has 2 atom stereocenters. The summed E-state index contributed by atoms with van der Waals surface area (Å²) in [6, 6.07) is 3.76. The molecule has 1 saturated heterocycles. The van der Waals surface area contributed by atoms with Crippen LogP contribution in [0.3, 0.4) is 0 Å². The smallest absolute Gasteiger partial charge is 0.108 e. The molecule has 0 amide bonds. The van der Waals surface area contributed by atoms with Gasteiger partial charge in [-0.2, -0.15) is 5.26 Å². The molecule has 102 valence electrons. The first-order valence-corrected chi connectivity index (χ1v) is 7.11. The summed E-state index contributed by atoms with van der Waals surface area (Å²) in [5.74, 6) is 0. The van der Waals surface area contributed by atoms with Crippen LogP contribution in [-0.2, 0) is 0 Å². The van der Waals surface area contributed by atoms with Crippen LogP contribution >= 0.6 is 0 Å². The van der Waals surface area contributed by atoms with Crippen LogP contribution in [0.5, 0.6) is 0 Å². The third-order valence-corrected chi connectivity index (χ3v) is 5.02. The Morgan fingerprint density at radius 2 is 1.94 bits per heavy atom. The number of hydrogen-bond donors (Lipinski definition) is 1. The second-order valence-electron chi connectivity index (χ2n) is 6.04.